The maximum atomic E-state index is 12.4. The minimum Gasteiger partial charge on any atom is -0.344 e. The minimum atomic E-state index is -3.61. The molecular formula is C16H25N3O4S. The van der Waals surface area contributed by atoms with E-state index in [0.717, 1.165) is 4.31 Å². The molecule has 2 N–H and O–H groups in total. The van der Waals surface area contributed by atoms with Crippen LogP contribution in [0.25, 0.3) is 0 Å². The average molecular weight is 355 g/mol. The number of nitrogens with zero attached hydrogens (tertiary/aromatic N) is 1. The Bertz CT molecular complexity index is 727. The molecule has 1 rings (SSSR count). The fraction of sp³-hybridized carbons (Fsp3) is 0.500. The van der Waals surface area contributed by atoms with Crippen molar-refractivity contribution in [2.24, 2.45) is 5.92 Å². The van der Waals surface area contributed by atoms with Crippen LogP contribution < -0.4 is 10.6 Å². The van der Waals surface area contributed by atoms with Crippen molar-refractivity contribution in [2.45, 2.75) is 38.6 Å². The van der Waals surface area contributed by atoms with Crippen LogP contribution in [0.2, 0.25) is 0 Å². The van der Waals surface area contributed by atoms with Crippen molar-refractivity contribution in [3.8, 4) is 0 Å². The number of hydrogen-bond acceptors (Lipinski definition) is 4. The van der Waals surface area contributed by atoms with Gasteiger partial charge in [-0.2, -0.15) is 0 Å². The molecule has 0 radical (unpaired) electrons. The van der Waals surface area contributed by atoms with Gasteiger partial charge in [0.15, 0.2) is 0 Å². The van der Waals surface area contributed by atoms with Gasteiger partial charge in [0.2, 0.25) is 21.8 Å². The summed E-state index contributed by atoms with van der Waals surface area (Å²) in [6.45, 7) is 6.67. The number of carbonyl (C=O) groups excluding carboxylic acids is 2. The largest absolute Gasteiger partial charge is 0.344 e. The van der Waals surface area contributed by atoms with Gasteiger partial charge < -0.3 is 10.6 Å². The van der Waals surface area contributed by atoms with E-state index >= 15 is 0 Å². The molecular weight excluding hydrogens is 330 g/mol. The zero-order chi connectivity index (χ0) is 18.7. The molecule has 8 heteroatoms. The molecule has 1 aromatic carbocycles. The molecule has 0 aliphatic rings. The molecule has 0 saturated heterocycles. The number of rotatable bonds is 6. The Labute approximate surface area is 143 Å². The maximum absolute atomic E-state index is 12.4. The predicted octanol–water partition coefficient (Wildman–Crippen LogP) is 1.34. The summed E-state index contributed by atoms with van der Waals surface area (Å²) in [7, 11) is -0.709. The SMILES string of the molecule is CC(=O)N[C@@H](C(=O)Nc1ccc(C)c(S(=O)(=O)N(C)C)c1)C(C)C. The molecule has 7 nitrogen and oxygen atoms in total. The Kier molecular flexibility index (Phi) is 6.50. The third-order valence-electron chi connectivity index (χ3n) is 3.52. The Morgan fingerprint density at radius 3 is 2.21 bits per heavy atom. The van der Waals surface area contributed by atoms with E-state index in [1.54, 1.807) is 19.1 Å². The molecule has 0 heterocycles. The number of amides is 2. The molecule has 1 aromatic rings. The Balaban J connectivity index is 3.12. The maximum Gasteiger partial charge on any atom is 0.247 e. The first kappa shape index (κ1) is 20.1. The fourth-order valence-electron chi connectivity index (χ4n) is 2.13. The Morgan fingerprint density at radius 2 is 1.75 bits per heavy atom. The van der Waals surface area contributed by atoms with E-state index in [-0.39, 0.29) is 16.7 Å². The smallest absolute Gasteiger partial charge is 0.247 e. The highest BCUT2D eigenvalue weighted by Gasteiger charge is 2.24. The van der Waals surface area contributed by atoms with Crippen LogP contribution >= 0.6 is 0 Å². The summed E-state index contributed by atoms with van der Waals surface area (Å²) in [5.41, 5.74) is 0.950. The fourth-order valence-corrected chi connectivity index (χ4v) is 3.27. The third-order valence-corrected chi connectivity index (χ3v) is 5.48. The summed E-state index contributed by atoms with van der Waals surface area (Å²) >= 11 is 0. The van der Waals surface area contributed by atoms with Crippen LogP contribution in [0.1, 0.15) is 26.3 Å². The highest BCUT2D eigenvalue weighted by Crippen LogP contribution is 2.22. The zero-order valence-electron chi connectivity index (χ0n) is 14.9. The number of aryl methyl sites for hydroxylation is 1. The van der Waals surface area contributed by atoms with Gasteiger partial charge in [-0.1, -0.05) is 19.9 Å². The number of hydrogen-bond donors (Lipinski definition) is 2. The van der Waals surface area contributed by atoms with Gasteiger partial charge in [-0.15, -0.1) is 0 Å². The monoisotopic (exact) mass is 355 g/mol. The molecule has 0 aliphatic carbocycles. The van der Waals surface area contributed by atoms with Crippen molar-refractivity contribution < 1.29 is 18.0 Å². The minimum absolute atomic E-state index is 0.107. The van der Waals surface area contributed by atoms with Crippen molar-refractivity contribution in [3.05, 3.63) is 23.8 Å². The van der Waals surface area contributed by atoms with Gasteiger partial charge >= 0.3 is 0 Å². The first-order valence-electron chi connectivity index (χ1n) is 7.58. The van der Waals surface area contributed by atoms with Crippen LogP contribution in [0, 0.1) is 12.8 Å². The number of nitrogens with one attached hydrogen (secondary N) is 2. The third kappa shape index (κ3) is 4.78. The summed E-state index contributed by atoms with van der Waals surface area (Å²) in [5, 5.41) is 5.27. The van der Waals surface area contributed by atoms with Crippen molar-refractivity contribution in [2.75, 3.05) is 19.4 Å². The predicted molar refractivity (Wildman–Crippen MR) is 93.1 cm³/mol. The Morgan fingerprint density at radius 1 is 1.17 bits per heavy atom. The van der Waals surface area contributed by atoms with Crippen molar-refractivity contribution in [1.29, 1.82) is 0 Å². The Hall–Kier alpha value is -1.93. The van der Waals surface area contributed by atoms with E-state index in [2.05, 4.69) is 10.6 Å². The first-order chi connectivity index (χ1) is 11.0. The summed E-state index contributed by atoms with van der Waals surface area (Å²) in [5.74, 6) is -0.801. The lowest BCUT2D eigenvalue weighted by Gasteiger charge is -2.21. The standard InChI is InChI=1S/C16H25N3O4S/c1-10(2)15(17-12(4)20)16(21)18-13-8-7-11(3)14(9-13)24(22,23)19(5)6/h7-10,15H,1-6H3,(H,17,20)(H,18,21)/t15-/m1/s1. The highest BCUT2D eigenvalue weighted by molar-refractivity contribution is 7.89. The van der Waals surface area contributed by atoms with Crippen LogP contribution in [0.3, 0.4) is 0 Å². The molecule has 134 valence electrons. The second-order valence-electron chi connectivity index (χ2n) is 6.18. The molecule has 0 spiro atoms. The second-order valence-corrected chi connectivity index (χ2v) is 8.30. The van der Waals surface area contributed by atoms with Gasteiger partial charge in [-0.25, -0.2) is 12.7 Å². The summed E-state index contributed by atoms with van der Waals surface area (Å²) in [6.07, 6.45) is 0. The van der Waals surface area contributed by atoms with Gasteiger partial charge in [0.25, 0.3) is 0 Å². The van der Waals surface area contributed by atoms with Crippen molar-refractivity contribution in [1.82, 2.24) is 9.62 Å². The van der Waals surface area contributed by atoms with Crippen molar-refractivity contribution >= 4 is 27.5 Å². The van der Waals surface area contributed by atoms with E-state index in [0.29, 0.717) is 11.3 Å². The lowest BCUT2D eigenvalue weighted by Crippen LogP contribution is -2.46. The summed E-state index contributed by atoms with van der Waals surface area (Å²) in [6, 6.07) is 3.99. The van der Waals surface area contributed by atoms with Gasteiger partial charge in [0, 0.05) is 26.7 Å². The highest BCUT2D eigenvalue weighted by atomic mass is 32.2. The van der Waals surface area contributed by atoms with E-state index in [4.69, 9.17) is 0 Å². The average Bonchev–Trinajstić information content (AvgIpc) is 2.45. The zero-order valence-corrected chi connectivity index (χ0v) is 15.7. The van der Waals surface area contributed by atoms with Crippen LogP contribution in [-0.4, -0.2) is 44.7 Å². The van der Waals surface area contributed by atoms with E-state index in [1.165, 1.54) is 27.1 Å². The van der Waals surface area contributed by atoms with Crippen LogP contribution in [0.15, 0.2) is 23.1 Å². The molecule has 0 aliphatic heterocycles. The van der Waals surface area contributed by atoms with E-state index in [1.807, 2.05) is 13.8 Å². The first-order valence-corrected chi connectivity index (χ1v) is 9.02. The van der Waals surface area contributed by atoms with Gasteiger partial charge in [0.05, 0.1) is 4.90 Å². The van der Waals surface area contributed by atoms with Crippen LogP contribution in [0.4, 0.5) is 5.69 Å². The molecule has 0 unspecified atom stereocenters. The van der Waals surface area contributed by atoms with Crippen LogP contribution in [0.5, 0.6) is 0 Å². The van der Waals surface area contributed by atoms with Gasteiger partial charge in [0.1, 0.15) is 6.04 Å². The number of sulfonamides is 1. The molecule has 0 bridgehead atoms. The summed E-state index contributed by atoms with van der Waals surface area (Å²) in [4.78, 5) is 23.8. The topological polar surface area (TPSA) is 95.6 Å². The molecule has 0 saturated carbocycles. The molecule has 0 aromatic heterocycles. The van der Waals surface area contributed by atoms with Gasteiger partial charge in [-0.3, -0.25) is 9.59 Å². The number of anilines is 1. The van der Waals surface area contributed by atoms with E-state index in [9.17, 15) is 18.0 Å². The second kappa shape index (κ2) is 7.76. The number of benzene rings is 1. The van der Waals surface area contributed by atoms with Gasteiger partial charge in [-0.05, 0) is 30.5 Å². The molecule has 0 fully saturated rings. The quantitative estimate of drug-likeness (QED) is 0.805. The normalized spacial score (nSPS) is 13.0. The lowest BCUT2D eigenvalue weighted by atomic mass is 10.0. The molecule has 24 heavy (non-hydrogen) atoms. The van der Waals surface area contributed by atoms with Crippen molar-refractivity contribution in [3.63, 3.8) is 0 Å². The number of carbonyl (C=O) groups is 2. The summed E-state index contributed by atoms with van der Waals surface area (Å²) < 4.78 is 25.8. The molecule has 2 amide bonds. The van der Waals surface area contributed by atoms with E-state index < -0.39 is 22.0 Å². The lowest BCUT2D eigenvalue weighted by molar-refractivity contribution is -0.126. The molecule has 1 atom stereocenters. The van der Waals surface area contributed by atoms with Crippen LogP contribution in [-0.2, 0) is 19.6 Å².